The van der Waals surface area contributed by atoms with Crippen LogP contribution in [-0.2, 0) is 27.9 Å². The first-order valence-corrected chi connectivity index (χ1v) is 12.8. The number of thiophene rings is 1. The van der Waals surface area contributed by atoms with E-state index in [0.717, 1.165) is 35.4 Å². The van der Waals surface area contributed by atoms with Gasteiger partial charge in [-0.25, -0.2) is 12.8 Å². The lowest BCUT2D eigenvalue weighted by molar-refractivity contribution is -0.132. The summed E-state index contributed by atoms with van der Waals surface area (Å²) in [6.07, 6.45) is 1.90. The van der Waals surface area contributed by atoms with Gasteiger partial charge in [0.25, 0.3) is 0 Å². The predicted octanol–water partition coefficient (Wildman–Crippen LogP) is 4.52. The highest BCUT2D eigenvalue weighted by molar-refractivity contribution is 7.89. The molecule has 0 spiro atoms. The molecule has 5 nitrogen and oxygen atoms in total. The van der Waals surface area contributed by atoms with Crippen LogP contribution in [0, 0.1) is 11.7 Å². The molecular weight excluding hydrogens is 447 g/mol. The van der Waals surface area contributed by atoms with E-state index in [1.54, 1.807) is 16.2 Å². The van der Waals surface area contributed by atoms with Crippen LogP contribution in [0.5, 0.6) is 0 Å². The maximum absolute atomic E-state index is 13.4. The molecule has 1 amide bonds. The Hall–Kier alpha value is -2.55. The number of halogens is 1. The van der Waals surface area contributed by atoms with Crippen LogP contribution in [0.1, 0.15) is 23.3 Å². The molecule has 0 N–H and O–H groups in total. The van der Waals surface area contributed by atoms with Crippen molar-refractivity contribution in [2.24, 2.45) is 5.92 Å². The van der Waals surface area contributed by atoms with Crippen molar-refractivity contribution >= 4 is 27.3 Å². The normalized spacial score (nSPS) is 13.9. The Morgan fingerprint density at radius 1 is 0.969 bits per heavy atom. The zero-order chi connectivity index (χ0) is 22.6. The van der Waals surface area contributed by atoms with E-state index in [1.807, 2.05) is 47.8 Å². The number of amides is 1. The third-order valence-electron chi connectivity index (χ3n) is 5.42. The molecule has 1 aliphatic rings. The summed E-state index contributed by atoms with van der Waals surface area (Å²) in [4.78, 5) is 16.1. The molecule has 168 valence electrons. The highest BCUT2D eigenvalue weighted by Crippen LogP contribution is 2.32. The highest BCUT2D eigenvalue weighted by atomic mass is 32.2. The van der Waals surface area contributed by atoms with Crippen LogP contribution in [0.2, 0.25) is 0 Å². The quantitative estimate of drug-likeness (QED) is 0.436. The summed E-state index contributed by atoms with van der Waals surface area (Å²) in [5.41, 5.74) is 0.979. The molecule has 0 saturated heterocycles. The Morgan fingerprint density at radius 2 is 1.69 bits per heavy atom. The van der Waals surface area contributed by atoms with E-state index in [9.17, 15) is 17.6 Å². The molecule has 32 heavy (non-hydrogen) atoms. The van der Waals surface area contributed by atoms with Crippen LogP contribution in [-0.4, -0.2) is 36.6 Å². The number of benzene rings is 2. The van der Waals surface area contributed by atoms with E-state index in [2.05, 4.69) is 0 Å². The van der Waals surface area contributed by atoms with Crippen molar-refractivity contribution in [2.45, 2.75) is 30.8 Å². The summed E-state index contributed by atoms with van der Waals surface area (Å²) in [5.74, 6) is -0.495. The first-order chi connectivity index (χ1) is 15.4. The summed E-state index contributed by atoms with van der Waals surface area (Å²) in [6, 6.07) is 18.3. The lowest BCUT2D eigenvalue weighted by Gasteiger charge is -2.27. The number of rotatable bonds is 10. The van der Waals surface area contributed by atoms with Crippen molar-refractivity contribution in [3.8, 4) is 0 Å². The van der Waals surface area contributed by atoms with Gasteiger partial charge in [0.15, 0.2) is 0 Å². The van der Waals surface area contributed by atoms with Crippen molar-refractivity contribution in [2.75, 3.05) is 13.1 Å². The molecule has 1 aromatic heterocycles. The van der Waals surface area contributed by atoms with Gasteiger partial charge in [0.2, 0.25) is 15.9 Å². The second kappa shape index (κ2) is 9.94. The molecule has 3 aromatic rings. The van der Waals surface area contributed by atoms with Gasteiger partial charge in [-0.3, -0.25) is 4.79 Å². The van der Waals surface area contributed by atoms with Crippen LogP contribution in [0.15, 0.2) is 77.0 Å². The standard InChI is InChI=1S/C24H25FN2O3S2/c25-21-10-12-23(13-11-21)32(29,30)27(16-20-8-9-20)18-24(28)26(17-22-7-4-14-31-22)15-19-5-2-1-3-6-19/h1-7,10-14,20H,8-9,15-18H2. The third kappa shape index (κ3) is 5.82. The first-order valence-electron chi connectivity index (χ1n) is 10.5. The van der Waals surface area contributed by atoms with E-state index in [-0.39, 0.29) is 23.3 Å². The van der Waals surface area contributed by atoms with Crippen LogP contribution in [0.3, 0.4) is 0 Å². The average molecular weight is 473 g/mol. The van der Waals surface area contributed by atoms with E-state index >= 15 is 0 Å². The van der Waals surface area contributed by atoms with Crippen LogP contribution < -0.4 is 0 Å². The summed E-state index contributed by atoms with van der Waals surface area (Å²) in [5, 5.41) is 1.96. The molecule has 1 fully saturated rings. The molecule has 0 radical (unpaired) electrons. The SMILES string of the molecule is O=C(CN(CC1CC1)S(=O)(=O)c1ccc(F)cc1)N(Cc1ccccc1)Cc1cccs1. The summed E-state index contributed by atoms with van der Waals surface area (Å²) in [6.45, 7) is 0.864. The Balaban J connectivity index is 1.57. The predicted molar refractivity (Wildman–Crippen MR) is 123 cm³/mol. The molecule has 1 saturated carbocycles. The summed E-state index contributed by atoms with van der Waals surface area (Å²) < 4.78 is 41.1. The average Bonchev–Trinajstić information content (AvgIpc) is 3.46. The fraction of sp³-hybridized carbons (Fsp3) is 0.292. The van der Waals surface area contributed by atoms with Crippen LogP contribution in [0.25, 0.3) is 0 Å². The van der Waals surface area contributed by atoms with E-state index in [1.165, 1.54) is 16.4 Å². The van der Waals surface area contributed by atoms with Crippen LogP contribution in [0.4, 0.5) is 4.39 Å². The fourth-order valence-electron chi connectivity index (χ4n) is 3.47. The van der Waals surface area contributed by atoms with Gasteiger partial charge in [-0.15, -0.1) is 11.3 Å². The minimum atomic E-state index is -3.91. The Bertz CT molecular complexity index is 1130. The Labute approximate surface area is 192 Å². The largest absolute Gasteiger partial charge is 0.332 e. The van der Waals surface area contributed by atoms with Crippen molar-refractivity contribution < 1.29 is 17.6 Å². The molecule has 8 heteroatoms. The fourth-order valence-corrected chi connectivity index (χ4v) is 5.65. The highest BCUT2D eigenvalue weighted by Gasteiger charge is 2.34. The van der Waals surface area contributed by atoms with Gasteiger partial charge in [0, 0.05) is 18.0 Å². The second-order valence-corrected chi connectivity index (χ2v) is 11.0. The molecule has 1 heterocycles. The summed E-state index contributed by atoms with van der Waals surface area (Å²) in [7, 11) is -3.91. The first kappa shape index (κ1) is 22.6. The van der Waals surface area contributed by atoms with Crippen molar-refractivity contribution in [1.82, 2.24) is 9.21 Å². The van der Waals surface area contributed by atoms with Crippen molar-refractivity contribution in [1.29, 1.82) is 0 Å². The van der Waals surface area contributed by atoms with Crippen molar-refractivity contribution in [3.63, 3.8) is 0 Å². The monoisotopic (exact) mass is 472 g/mol. The molecule has 0 aliphatic heterocycles. The molecular formula is C24H25FN2O3S2. The Kier molecular flexibility index (Phi) is 7.03. The number of hydrogen-bond donors (Lipinski definition) is 0. The minimum Gasteiger partial charge on any atom is -0.332 e. The second-order valence-electron chi connectivity index (χ2n) is 8.01. The maximum atomic E-state index is 13.4. The van der Waals surface area contributed by atoms with Gasteiger partial charge >= 0.3 is 0 Å². The van der Waals surface area contributed by atoms with Gasteiger partial charge in [-0.1, -0.05) is 36.4 Å². The van der Waals surface area contributed by atoms with Crippen molar-refractivity contribution in [3.05, 3.63) is 88.4 Å². The topological polar surface area (TPSA) is 57.7 Å². The summed E-state index contributed by atoms with van der Waals surface area (Å²) >= 11 is 1.56. The number of carbonyl (C=O) groups excluding carboxylic acids is 1. The van der Waals surface area contributed by atoms with E-state index in [0.29, 0.717) is 19.6 Å². The number of hydrogen-bond acceptors (Lipinski definition) is 4. The zero-order valence-electron chi connectivity index (χ0n) is 17.6. The van der Waals surface area contributed by atoms with Gasteiger partial charge < -0.3 is 4.90 Å². The number of sulfonamides is 1. The molecule has 0 bridgehead atoms. The Morgan fingerprint density at radius 3 is 2.31 bits per heavy atom. The van der Waals surface area contributed by atoms with E-state index in [4.69, 9.17) is 0 Å². The van der Waals surface area contributed by atoms with Gasteiger partial charge in [0.05, 0.1) is 18.0 Å². The third-order valence-corrected chi connectivity index (χ3v) is 8.10. The molecule has 4 rings (SSSR count). The van der Waals surface area contributed by atoms with Crippen LogP contribution >= 0.6 is 11.3 Å². The minimum absolute atomic E-state index is 0.000200. The lowest BCUT2D eigenvalue weighted by atomic mass is 10.2. The van der Waals surface area contributed by atoms with Gasteiger partial charge in [-0.05, 0) is 60.0 Å². The van der Waals surface area contributed by atoms with Gasteiger partial charge in [-0.2, -0.15) is 4.31 Å². The number of carbonyl (C=O) groups is 1. The molecule has 2 aromatic carbocycles. The number of nitrogens with zero attached hydrogens (tertiary/aromatic N) is 2. The van der Waals surface area contributed by atoms with E-state index < -0.39 is 15.8 Å². The maximum Gasteiger partial charge on any atom is 0.243 e. The van der Waals surface area contributed by atoms with Gasteiger partial charge in [0.1, 0.15) is 5.82 Å². The lowest BCUT2D eigenvalue weighted by Crippen LogP contribution is -2.43. The zero-order valence-corrected chi connectivity index (χ0v) is 19.2. The smallest absolute Gasteiger partial charge is 0.243 e. The molecule has 1 aliphatic carbocycles. The molecule has 0 unspecified atom stereocenters. The molecule has 0 atom stereocenters.